The summed E-state index contributed by atoms with van der Waals surface area (Å²) >= 11 is 0. The number of hydrogen-bond acceptors (Lipinski definition) is 4. The first-order chi connectivity index (χ1) is 13.1. The van der Waals surface area contributed by atoms with Crippen LogP contribution in [0.4, 0.5) is 0 Å². The van der Waals surface area contributed by atoms with Crippen LogP contribution in [0.3, 0.4) is 0 Å². The summed E-state index contributed by atoms with van der Waals surface area (Å²) in [5.74, 6) is -0.155. The number of benzene rings is 2. The van der Waals surface area contributed by atoms with Gasteiger partial charge in [-0.25, -0.2) is 0 Å². The van der Waals surface area contributed by atoms with Gasteiger partial charge in [0.2, 0.25) is 0 Å². The molecule has 0 aliphatic carbocycles. The number of carbonyl (C=O) groups excluding carboxylic acids is 1. The van der Waals surface area contributed by atoms with Gasteiger partial charge in [-0.1, -0.05) is 18.2 Å². The van der Waals surface area contributed by atoms with Crippen LogP contribution in [-0.4, -0.2) is 28.5 Å². The number of amides is 1. The normalized spacial score (nSPS) is 10.1. The Kier molecular flexibility index (Phi) is 6.68. The van der Waals surface area contributed by atoms with Crippen molar-refractivity contribution in [3.63, 3.8) is 0 Å². The van der Waals surface area contributed by atoms with E-state index in [0.717, 1.165) is 27.5 Å². The zero-order valence-electron chi connectivity index (χ0n) is 15.4. The van der Waals surface area contributed by atoms with Crippen LogP contribution < -0.4 is 15.8 Å². The van der Waals surface area contributed by atoms with Crippen molar-refractivity contribution in [2.45, 2.75) is 0 Å². The molecule has 0 aliphatic heterocycles. The van der Waals surface area contributed by atoms with E-state index in [4.69, 9.17) is 15.9 Å². The molecule has 0 fully saturated rings. The number of methoxy groups -OCH3 is 1. The fourth-order valence-corrected chi connectivity index (χ4v) is 3.19. The lowest BCUT2D eigenvalue weighted by molar-refractivity contribution is 0.0978. The van der Waals surface area contributed by atoms with Gasteiger partial charge in [0.1, 0.15) is 5.75 Å². The zero-order chi connectivity index (χ0) is 19.0. The van der Waals surface area contributed by atoms with Gasteiger partial charge < -0.3 is 15.0 Å². The predicted molar refractivity (Wildman–Crippen MR) is 119 cm³/mol. The van der Waals surface area contributed by atoms with Crippen molar-refractivity contribution in [3.05, 3.63) is 66.5 Å². The highest BCUT2D eigenvalue weighted by atomic mass is 35.5. The second-order valence-corrected chi connectivity index (χ2v) is 6.01. The molecule has 4 N–H and O–H groups in total. The summed E-state index contributed by atoms with van der Waals surface area (Å²) in [6.45, 7) is 0. The zero-order valence-corrected chi connectivity index (χ0v) is 17.0. The smallest absolute Gasteiger partial charge is 0.260 e. The average molecular weight is 432 g/mol. The molecule has 0 spiro atoms. The molecular formula is C20H19Cl2N5O2. The molecule has 7 nitrogen and oxygen atoms in total. The number of fused-ring (bicyclic) bond motifs is 2. The van der Waals surface area contributed by atoms with Crippen molar-refractivity contribution in [3.8, 4) is 11.4 Å². The largest absolute Gasteiger partial charge is 0.497 e. The molecule has 0 saturated carbocycles. The molecule has 0 aliphatic rings. The lowest BCUT2D eigenvalue weighted by Crippen LogP contribution is -2.35. The molecule has 4 aromatic rings. The van der Waals surface area contributed by atoms with E-state index in [2.05, 4.69) is 10.3 Å². The molecule has 4 rings (SSSR count). The quantitative estimate of drug-likeness (QED) is 0.339. The first-order valence-corrected chi connectivity index (χ1v) is 8.27. The Balaban J connectivity index is 0.00000150. The second-order valence-electron chi connectivity index (χ2n) is 6.01. The Morgan fingerprint density at radius 2 is 1.90 bits per heavy atom. The highest BCUT2D eigenvalue weighted by molar-refractivity contribution is 6.12. The van der Waals surface area contributed by atoms with Crippen LogP contribution in [0.2, 0.25) is 0 Å². The number of rotatable bonds is 3. The van der Waals surface area contributed by atoms with Crippen molar-refractivity contribution in [2.75, 3.05) is 7.11 Å². The van der Waals surface area contributed by atoms with Crippen LogP contribution in [0.15, 0.2) is 60.9 Å². The molecule has 0 radical (unpaired) electrons. The number of para-hydroxylation sites is 1. The van der Waals surface area contributed by atoms with E-state index in [-0.39, 0.29) is 24.8 Å². The third-order valence-electron chi connectivity index (χ3n) is 4.39. The highest BCUT2D eigenvalue weighted by Gasteiger charge is 2.18. The summed E-state index contributed by atoms with van der Waals surface area (Å²) in [5.41, 5.74) is 8.30. The number of ether oxygens (including phenoxy) is 1. The van der Waals surface area contributed by atoms with Gasteiger partial charge in [-0.15, -0.1) is 24.8 Å². The molecule has 150 valence electrons. The van der Waals surface area contributed by atoms with Crippen LogP contribution in [0.25, 0.3) is 27.5 Å². The molecule has 0 saturated heterocycles. The molecular weight excluding hydrogens is 413 g/mol. The number of guanidine groups is 1. The maximum Gasteiger partial charge on any atom is 0.260 e. The van der Waals surface area contributed by atoms with Crippen LogP contribution in [0, 0.1) is 5.41 Å². The molecule has 2 aromatic carbocycles. The van der Waals surface area contributed by atoms with Gasteiger partial charge in [-0.2, -0.15) is 0 Å². The average Bonchev–Trinajstić information content (AvgIpc) is 3.05. The Labute approximate surface area is 179 Å². The number of aromatic nitrogens is 2. The minimum absolute atomic E-state index is 0. The summed E-state index contributed by atoms with van der Waals surface area (Å²) < 4.78 is 7.28. The maximum atomic E-state index is 12.5. The topological polar surface area (TPSA) is 106 Å². The van der Waals surface area contributed by atoms with E-state index in [1.807, 2.05) is 47.0 Å². The van der Waals surface area contributed by atoms with Crippen LogP contribution >= 0.6 is 24.8 Å². The fraction of sp³-hybridized carbons (Fsp3) is 0.0500. The first-order valence-electron chi connectivity index (χ1n) is 8.27. The number of nitrogens with zero attached hydrogens (tertiary/aromatic N) is 2. The number of nitrogens with one attached hydrogen (secondary N) is 2. The van der Waals surface area contributed by atoms with E-state index >= 15 is 0 Å². The first kappa shape index (κ1) is 22.0. The van der Waals surface area contributed by atoms with Crippen molar-refractivity contribution >= 4 is 58.5 Å². The molecule has 0 unspecified atom stereocenters. The van der Waals surface area contributed by atoms with Crippen LogP contribution in [0.1, 0.15) is 10.4 Å². The van der Waals surface area contributed by atoms with Gasteiger partial charge in [-0.05, 0) is 24.3 Å². The van der Waals surface area contributed by atoms with E-state index < -0.39 is 11.9 Å². The van der Waals surface area contributed by atoms with Crippen molar-refractivity contribution in [2.24, 2.45) is 5.73 Å². The molecule has 0 bridgehead atoms. The van der Waals surface area contributed by atoms with Crippen LogP contribution in [0.5, 0.6) is 5.75 Å². The third kappa shape index (κ3) is 3.96. The molecule has 29 heavy (non-hydrogen) atoms. The van der Waals surface area contributed by atoms with E-state index in [1.165, 1.54) is 0 Å². The summed E-state index contributed by atoms with van der Waals surface area (Å²) in [4.78, 5) is 16.9. The van der Waals surface area contributed by atoms with Crippen molar-refractivity contribution in [1.82, 2.24) is 14.9 Å². The van der Waals surface area contributed by atoms with Gasteiger partial charge in [-0.3, -0.25) is 20.5 Å². The minimum atomic E-state index is -0.435. The predicted octanol–water partition coefficient (Wildman–Crippen LogP) is 3.65. The van der Waals surface area contributed by atoms with E-state index in [1.54, 1.807) is 25.6 Å². The Bertz CT molecular complexity index is 1200. The molecule has 2 heterocycles. The molecule has 0 atom stereocenters. The minimum Gasteiger partial charge on any atom is -0.497 e. The lowest BCUT2D eigenvalue weighted by atomic mass is 10.1. The Morgan fingerprint density at radius 1 is 1.14 bits per heavy atom. The lowest BCUT2D eigenvalue weighted by Gasteiger charge is -2.09. The van der Waals surface area contributed by atoms with Gasteiger partial charge >= 0.3 is 0 Å². The summed E-state index contributed by atoms with van der Waals surface area (Å²) in [7, 11) is 1.60. The van der Waals surface area contributed by atoms with Gasteiger partial charge in [0.05, 0.1) is 29.4 Å². The van der Waals surface area contributed by atoms with Crippen molar-refractivity contribution < 1.29 is 9.53 Å². The van der Waals surface area contributed by atoms with E-state index in [9.17, 15) is 4.79 Å². The van der Waals surface area contributed by atoms with Crippen LogP contribution in [-0.2, 0) is 0 Å². The van der Waals surface area contributed by atoms with Crippen molar-refractivity contribution in [1.29, 1.82) is 5.41 Å². The van der Waals surface area contributed by atoms with Gasteiger partial charge in [0.25, 0.3) is 5.91 Å². The van der Waals surface area contributed by atoms with Gasteiger partial charge in [0, 0.05) is 29.2 Å². The Hall–Kier alpha value is -3.29. The molecule has 1 amide bonds. The molecule has 2 aromatic heterocycles. The van der Waals surface area contributed by atoms with Gasteiger partial charge in [0.15, 0.2) is 5.96 Å². The number of carbonyl (C=O) groups is 1. The number of pyridine rings is 1. The third-order valence-corrected chi connectivity index (χ3v) is 4.39. The maximum absolute atomic E-state index is 12.5. The monoisotopic (exact) mass is 431 g/mol. The highest BCUT2D eigenvalue weighted by Crippen LogP contribution is 2.31. The summed E-state index contributed by atoms with van der Waals surface area (Å²) in [6.07, 6.45) is 3.48. The standard InChI is InChI=1S/C20H17N5O2.2ClH/c1-27-12-6-7-13-15(19(26)24-20(21)22)11-25(18(13)10-12)17-8-9-23-16-5-3-2-4-14(16)17;;/h2-11H,1H3,(H4,21,22,24,26);2*1H. The number of halogens is 2. The summed E-state index contributed by atoms with van der Waals surface area (Å²) in [6, 6.07) is 15.2. The Morgan fingerprint density at radius 3 is 2.62 bits per heavy atom. The number of hydrogen-bond donors (Lipinski definition) is 3. The molecule has 9 heteroatoms. The summed E-state index contributed by atoms with van der Waals surface area (Å²) in [5, 5.41) is 11.4. The number of nitrogens with two attached hydrogens (primary N) is 1. The SMILES string of the molecule is COc1ccc2c(C(=O)NC(=N)N)cn(-c3ccnc4ccccc34)c2c1.Cl.Cl. The second kappa shape index (κ2) is 8.81. The van der Waals surface area contributed by atoms with E-state index in [0.29, 0.717) is 11.3 Å². The fourth-order valence-electron chi connectivity index (χ4n) is 3.19.